The van der Waals surface area contributed by atoms with Gasteiger partial charge in [-0.3, -0.25) is 14.8 Å². The topological polar surface area (TPSA) is 90.4 Å². The number of para-hydroxylation sites is 2. The largest absolute Gasteiger partial charge is 0.465 e. The Hall–Kier alpha value is -3.84. The van der Waals surface area contributed by atoms with E-state index in [4.69, 9.17) is 0 Å². The number of H-pyrrole nitrogens is 1. The molecule has 2 heterocycles. The van der Waals surface area contributed by atoms with Gasteiger partial charge in [0.2, 0.25) is 0 Å². The van der Waals surface area contributed by atoms with E-state index in [-0.39, 0.29) is 17.6 Å². The Bertz CT molecular complexity index is 1350. The Labute approximate surface area is 210 Å². The first-order valence-corrected chi connectivity index (χ1v) is 12.6. The highest BCUT2D eigenvalue weighted by molar-refractivity contribution is 5.75. The van der Waals surface area contributed by atoms with Gasteiger partial charge in [-0.1, -0.05) is 72.8 Å². The predicted octanol–water partition coefficient (Wildman–Crippen LogP) is 5.01. The summed E-state index contributed by atoms with van der Waals surface area (Å²) in [5.74, 6) is -0.0702. The van der Waals surface area contributed by atoms with E-state index in [9.17, 15) is 14.7 Å². The van der Waals surface area contributed by atoms with E-state index >= 15 is 0 Å². The normalized spacial score (nSPS) is 20.0. The molecular formula is C29H32N4O3. The third-order valence-electron chi connectivity index (χ3n) is 7.31. The first kappa shape index (κ1) is 23.9. The third-order valence-corrected chi connectivity index (χ3v) is 7.31. The maximum absolute atomic E-state index is 13.1. The number of hydrogen-bond acceptors (Lipinski definition) is 3. The fourth-order valence-electron chi connectivity index (χ4n) is 5.62. The van der Waals surface area contributed by atoms with Crippen LogP contribution in [-0.4, -0.2) is 38.4 Å². The van der Waals surface area contributed by atoms with Crippen LogP contribution in [0.1, 0.15) is 36.4 Å². The van der Waals surface area contributed by atoms with Crippen LogP contribution in [0.3, 0.4) is 0 Å². The fourth-order valence-corrected chi connectivity index (χ4v) is 5.62. The van der Waals surface area contributed by atoms with Crippen LogP contribution in [0.5, 0.6) is 0 Å². The molecule has 0 aliphatic carbocycles. The van der Waals surface area contributed by atoms with Crippen LogP contribution in [0.2, 0.25) is 0 Å². The van der Waals surface area contributed by atoms with E-state index < -0.39 is 12.3 Å². The monoisotopic (exact) mass is 484 g/mol. The molecule has 1 saturated heterocycles. The molecule has 3 N–H and O–H groups in total. The average molecular weight is 485 g/mol. The Kier molecular flexibility index (Phi) is 7.18. The van der Waals surface area contributed by atoms with Gasteiger partial charge >= 0.3 is 11.8 Å². The number of hydrogen-bond donors (Lipinski definition) is 3. The molecule has 1 aliphatic rings. The Morgan fingerprint density at radius 3 is 2.33 bits per heavy atom. The number of nitrogens with one attached hydrogen (secondary N) is 2. The average Bonchev–Trinajstić information content (AvgIpc) is 3.24. The van der Waals surface area contributed by atoms with Gasteiger partial charge in [-0.05, 0) is 48.9 Å². The Balaban J connectivity index is 1.48. The van der Waals surface area contributed by atoms with Gasteiger partial charge in [0, 0.05) is 25.0 Å². The molecule has 0 bridgehead atoms. The zero-order chi connectivity index (χ0) is 24.9. The smallest absolute Gasteiger partial charge is 0.408 e. The van der Waals surface area contributed by atoms with Crippen molar-refractivity contribution in [3.8, 4) is 0 Å². The SMILES string of the molecule is O=C(O)N1CCC(n2c(=O)[nH]c3ccccc32)C(CCCc2ccccc2)C1NCc1ccccc1. The summed E-state index contributed by atoms with van der Waals surface area (Å²) >= 11 is 0. The number of aromatic nitrogens is 2. The van der Waals surface area contributed by atoms with E-state index in [0.717, 1.165) is 35.9 Å². The van der Waals surface area contributed by atoms with Gasteiger partial charge in [0.05, 0.1) is 17.2 Å². The first-order valence-electron chi connectivity index (χ1n) is 12.6. The van der Waals surface area contributed by atoms with Crippen LogP contribution in [-0.2, 0) is 13.0 Å². The molecule has 7 nitrogen and oxygen atoms in total. The summed E-state index contributed by atoms with van der Waals surface area (Å²) in [7, 11) is 0. The van der Waals surface area contributed by atoms with Crippen LogP contribution < -0.4 is 11.0 Å². The van der Waals surface area contributed by atoms with Crippen LogP contribution in [0, 0.1) is 5.92 Å². The van der Waals surface area contributed by atoms with Crippen molar-refractivity contribution in [2.24, 2.45) is 5.92 Å². The number of rotatable bonds is 8. The predicted molar refractivity (Wildman–Crippen MR) is 141 cm³/mol. The second-order valence-corrected chi connectivity index (χ2v) is 9.50. The summed E-state index contributed by atoms with van der Waals surface area (Å²) in [6.45, 7) is 0.924. The lowest BCUT2D eigenvalue weighted by atomic mass is 9.84. The number of aromatic amines is 1. The van der Waals surface area contributed by atoms with E-state index in [2.05, 4.69) is 22.4 Å². The number of imidazole rings is 1. The van der Waals surface area contributed by atoms with Crippen molar-refractivity contribution in [3.63, 3.8) is 0 Å². The van der Waals surface area contributed by atoms with Crippen LogP contribution in [0.25, 0.3) is 11.0 Å². The molecule has 0 saturated carbocycles. The molecule has 3 atom stereocenters. The molecule has 4 aromatic rings. The number of nitrogens with zero attached hydrogens (tertiary/aromatic N) is 2. The number of carboxylic acid groups (broad SMARTS) is 1. The van der Waals surface area contributed by atoms with Crippen molar-refractivity contribution in [3.05, 3.63) is 107 Å². The molecule has 5 rings (SSSR count). The fraction of sp³-hybridized carbons (Fsp3) is 0.310. The summed E-state index contributed by atoms with van der Waals surface area (Å²) in [6.07, 6.45) is 1.86. The van der Waals surface area contributed by atoms with E-state index in [0.29, 0.717) is 19.5 Å². The lowest BCUT2D eigenvalue weighted by Gasteiger charge is -2.45. The molecule has 3 unspecified atom stereocenters. The second-order valence-electron chi connectivity index (χ2n) is 9.50. The molecular weight excluding hydrogens is 452 g/mol. The summed E-state index contributed by atoms with van der Waals surface area (Å²) in [4.78, 5) is 29.9. The van der Waals surface area contributed by atoms with Gasteiger partial charge in [0.1, 0.15) is 0 Å². The number of piperidine rings is 1. The molecule has 0 spiro atoms. The quantitative estimate of drug-likeness (QED) is 0.328. The maximum Gasteiger partial charge on any atom is 0.408 e. The highest BCUT2D eigenvalue weighted by atomic mass is 16.4. The van der Waals surface area contributed by atoms with E-state index in [1.54, 1.807) is 0 Å². The molecule has 1 aromatic heterocycles. The molecule has 0 radical (unpaired) electrons. The zero-order valence-electron chi connectivity index (χ0n) is 20.2. The standard InChI is InChI=1S/C29H32N4O3/c34-28-31-24-16-7-8-17-26(24)33(28)25-18-19-32(29(35)36)27(30-20-22-12-5-2-6-13-22)23(25)15-9-14-21-10-3-1-4-11-21/h1-8,10-13,16-17,23,25,27,30H,9,14-15,18-20H2,(H,31,34)(H,35,36). The number of carbonyl (C=O) groups is 1. The lowest BCUT2D eigenvalue weighted by molar-refractivity contribution is 0.0297. The highest BCUT2D eigenvalue weighted by Crippen LogP contribution is 2.36. The van der Waals surface area contributed by atoms with Crippen LogP contribution >= 0.6 is 0 Å². The highest BCUT2D eigenvalue weighted by Gasteiger charge is 2.41. The van der Waals surface area contributed by atoms with Crippen molar-refractivity contribution in [2.45, 2.75) is 44.4 Å². The summed E-state index contributed by atoms with van der Waals surface area (Å²) in [6, 6.07) is 28.0. The molecule has 1 fully saturated rings. The number of benzene rings is 3. The minimum atomic E-state index is -0.932. The van der Waals surface area contributed by atoms with Gasteiger partial charge in [-0.25, -0.2) is 9.59 Å². The van der Waals surface area contributed by atoms with Gasteiger partial charge < -0.3 is 10.1 Å². The minimum absolute atomic E-state index is 0.0702. The van der Waals surface area contributed by atoms with Gasteiger partial charge in [-0.15, -0.1) is 0 Å². The van der Waals surface area contributed by atoms with Crippen LogP contribution in [0.4, 0.5) is 4.79 Å². The number of fused-ring (bicyclic) bond motifs is 1. The molecule has 7 heteroatoms. The molecule has 1 aliphatic heterocycles. The number of amides is 1. The summed E-state index contributed by atoms with van der Waals surface area (Å²) < 4.78 is 1.86. The second kappa shape index (κ2) is 10.8. The van der Waals surface area contributed by atoms with Crippen molar-refractivity contribution in [1.29, 1.82) is 0 Å². The lowest BCUT2D eigenvalue weighted by Crippen LogP contribution is -2.58. The van der Waals surface area contributed by atoms with Crippen molar-refractivity contribution < 1.29 is 9.90 Å². The third kappa shape index (κ3) is 5.06. The number of likely N-dealkylation sites (tertiary alicyclic amines) is 1. The van der Waals surface area contributed by atoms with Crippen LogP contribution in [0.15, 0.2) is 89.7 Å². The summed E-state index contributed by atoms with van der Waals surface area (Å²) in [5, 5.41) is 13.6. The van der Waals surface area contributed by atoms with Gasteiger partial charge in [0.25, 0.3) is 0 Å². The van der Waals surface area contributed by atoms with E-state index in [1.165, 1.54) is 10.5 Å². The molecule has 1 amide bonds. The Morgan fingerprint density at radius 1 is 0.944 bits per heavy atom. The zero-order valence-corrected chi connectivity index (χ0v) is 20.2. The summed E-state index contributed by atoms with van der Waals surface area (Å²) in [5.41, 5.74) is 3.89. The maximum atomic E-state index is 13.1. The Morgan fingerprint density at radius 2 is 1.61 bits per heavy atom. The van der Waals surface area contributed by atoms with Crippen molar-refractivity contribution >= 4 is 17.1 Å². The molecule has 36 heavy (non-hydrogen) atoms. The van der Waals surface area contributed by atoms with E-state index in [1.807, 2.05) is 77.4 Å². The minimum Gasteiger partial charge on any atom is -0.465 e. The first-order chi connectivity index (χ1) is 17.6. The molecule has 186 valence electrons. The molecule has 3 aromatic carbocycles. The van der Waals surface area contributed by atoms with Crippen molar-refractivity contribution in [2.75, 3.05) is 6.54 Å². The van der Waals surface area contributed by atoms with Crippen molar-refractivity contribution in [1.82, 2.24) is 19.8 Å². The van der Waals surface area contributed by atoms with Gasteiger partial charge in [-0.2, -0.15) is 0 Å². The van der Waals surface area contributed by atoms with Gasteiger partial charge in [0.15, 0.2) is 0 Å². The number of aryl methyl sites for hydroxylation is 1.